The third-order valence-corrected chi connectivity index (χ3v) is 3.51. The van der Waals surface area contributed by atoms with E-state index in [4.69, 9.17) is 4.74 Å². The van der Waals surface area contributed by atoms with Crippen LogP contribution in [0.5, 0.6) is 5.75 Å². The molecule has 0 saturated carbocycles. The van der Waals surface area contributed by atoms with Gasteiger partial charge in [-0.1, -0.05) is 12.1 Å². The van der Waals surface area contributed by atoms with Crippen molar-refractivity contribution in [1.82, 2.24) is 10.6 Å². The predicted octanol–water partition coefficient (Wildman–Crippen LogP) is 1.37. The first-order valence-corrected chi connectivity index (χ1v) is 7.10. The largest absolute Gasteiger partial charge is 0.492 e. The first kappa shape index (κ1) is 14.8. The van der Waals surface area contributed by atoms with E-state index in [1.165, 1.54) is 0 Å². The minimum absolute atomic E-state index is 0.0107. The second-order valence-electron chi connectivity index (χ2n) is 5.32. The lowest BCUT2D eigenvalue weighted by molar-refractivity contribution is -0.115. The third-order valence-electron chi connectivity index (χ3n) is 3.51. The maximum atomic E-state index is 12.0. The van der Waals surface area contributed by atoms with Gasteiger partial charge in [0.15, 0.2) is 0 Å². The second kappa shape index (κ2) is 6.72. The Balaban J connectivity index is 1.88. The van der Waals surface area contributed by atoms with Crippen molar-refractivity contribution >= 4 is 11.6 Å². The molecule has 1 amide bonds. The molecule has 1 aliphatic rings. The molecule has 1 unspecified atom stereocenters. The van der Waals surface area contributed by atoms with Crippen molar-refractivity contribution in [3.63, 3.8) is 0 Å². The van der Waals surface area contributed by atoms with Crippen molar-refractivity contribution in [3.8, 4) is 5.75 Å². The van der Waals surface area contributed by atoms with Crippen LogP contribution in [-0.2, 0) is 4.79 Å². The van der Waals surface area contributed by atoms with Crippen LogP contribution in [0.15, 0.2) is 24.3 Å². The Kier molecular flexibility index (Phi) is 4.98. The van der Waals surface area contributed by atoms with E-state index >= 15 is 0 Å². The molecule has 1 fully saturated rings. The molecule has 1 atom stereocenters. The molecule has 20 heavy (non-hydrogen) atoms. The van der Waals surface area contributed by atoms with E-state index in [1.54, 1.807) is 0 Å². The number of nitrogens with one attached hydrogen (secondary N) is 3. The molecular weight excluding hydrogens is 254 g/mol. The Hall–Kier alpha value is -1.59. The van der Waals surface area contributed by atoms with Gasteiger partial charge in [-0.25, -0.2) is 0 Å². The minimum Gasteiger partial charge on any atom is -0.492 e. The van der Waals surface area contributed by atoms with Crippen molar-refractivity contribution < 1.29 is 9.53 Å². The average Bonchev–Trinajstić information content (AvgIpc) is 2.87. The first-order valence-electron chi connectivity index (χ1n) is 7.10. The van der Waals surface area contributed by atoms with Crippen LogP contribution in [0, 0.1) is 0 Å². The highest BCUT2D eigenvalue weighted by Gasteiger charge is 2.28. The van der Waals surface area contributed by atoms with Crippen molar-refractivity contribution in [2.24, 2.45) is 0 Å². The second-order valence-corrected chi connectivity index (χ2v) is 5.32. The van der Waals surface area contributed by atoms with E-state index in [0.29, 0.717) is 18.9 Å². The van der Waals surface area contributed by atoms with E-state index in [-0.39, 0.29) is 11.4 Å². The third kappa shape index (κ3) is 3.95. The zero-order valence-electron chi connectivity index (χ0n) is 12.2. The summed E-state index contributed by atoms with van der Waals surface area (Å²) in [6, 6.07) is 7.48. The number of carbonyl (C=O) groups excluding carboxylic acids is 1. The quantitative estimate of drug-likeness (QED) is 0.735. The number of anilines is 1. The summed E-state index contributed by atoms with van der Waals surface area (Å²) in [6.45, 7) is 6.84. The molecule has 2 rings (SSSR count). The maximum absolute atomic E-state index is 12.0. The Morgan fingerprint density at radius 1 is 1.45 bits per heavy atom. The molecule has 110 valence electrons. The van der Waals surface area contributed by atoms with Gasteiger partial charge >= 0.3 is 0 Å². The van der Waals surface area contributed by atoms with E-state index in [1.807, 2.05) is 31.2 Å². The summed E-state index contributed by atoms with van der Waals surface area (Å²) in [5.74, 6) is 0.655. The molecule has 5 heteroatoms. The van der Waals surface area contributed by atoms with Crippen molar-refractivity contribution in [1.29, 1.82) is 0 Å². The summed E-state index contributed by atoms with van der Waals surface area (Å²) >= 11 is 0. The molecule has 0 bridgehead atoms. The van der Waals surface area contributed by atoms with Gasteiger partial charge < -0.3 is 20.7 Å². The molecular formula is C15H23N3O2. The highest BCUT2D eigenvalue weighted by molar-refractivity contribution is 5.93. The molecule has 0 aliphatic carbocycles. The molecule has 1 aliphatic heterocycles. The maximum Gasteiger partial charge on any atom is 0.238 e. The summed E-state index contributed by atoms with van der Waals surface area (Å²) in [7, 11) is 0. The van der Waals surface area contributed by atoms with Crippen LogP contribution in [0.1, 0.15) is 20.3 Å². The Labute approximate surface area is 120 Å². The summed E-state index contributed by atoms with van der Waals surface area (Å²) in [5.41, 5.74) is 0.729. The summed E-state index contributed by atoms with van der Waals surface area (Å²) in [4.78, 5) is 12.0. The monoisotopic (exact) mass is 277 g/mol. The SMILES string of the molecule is CCOc1ccccc1NC(=O)CNC1(C)CCNC1. The van der Waals surface area contributed by atoms with Gasteiger partial charge in [-0.2, -0.15) is 0 Å². The molecule has 1 aromatic rings. The van der Waals surface area contributed by atoms with Crippen LogP contribution in [0.4, 0.5) is 5.69 Å². The number of rotatable bonds is 6. The number of hydrogen-bond acceptors (Lipinski definition) is 4. The highest BCUT2D eigenvalue weighted by atomic mass is 16.5. The summed E-state index contributed by atoms with van der Waals surface area (Å²) < 4.78 is 5.49. The molecule has 0 aromatic heterocycles. The molecule has 1 aromatic carbocycles. The molecule has 0 spiro atoms. The van der Waals surface area contributed by atoms with Crippen LogP contribution in [0.2, 0.25) is 0 Å². The lowest BCUT2D eigenvalue weighted by Crippen LogP contribution is -2.47. The van der Waals surface area contributed by atoms with Crippen LogP contribution in [0.3, 0.4) is 0 Å². The molecule has 1 heterocycles. The topological polar surface area (TPSA) is 62.4 Å². The van der Waals surface area contributed by atoms with Gasteiger partial charge in [0, 0.05) is 12.1 Å². The average molecular weight is 277 g/mol. The zero-order valence-corrected chi connectivity index (χ0v) is 12.2. The van der Waals surface area contributed by atoms with Crippen LogP contribution in [0.25, 0.3) is 0 Å². The van der Waals surface area contributed by atoms with Crippen molar-refractivity contribution in [2.75, 3.05) is 31.6 Å². The Bertz CT molecular complexity index is 456. The Morgan fingerprint density at radius 3 is 2.95 bits per heavy atom. The number of benzene rings is 1. The van der Waals surface area contributed by atoms with Gasteiger partial charge in [-0.15, -0.1) is 0 Å². The number of para-hydroxylation sites is 2. The first-order chi connectivity index (χ1) is 9.63. The molecule has 0 radical (unpaired) electrons. The molecule has 1 saturated heterocycles. The number of amides is 1. The van der Waals surface area contributed by atoms with Crippen molar-refractivity contribution in [2.45, 2.75) is 25.8 Å². The molecule has 3 N–H and O–H groups in total. The van der Waals surface area contributed by atoms with Crippen LogP contribution >= 0.6 is 0 Å². The minimum atomic E-state index is -0.0507. The normalized spacial score (nSPS) is 21.7. The fourth-order valence-corrected chi connectivity index (χ4v) is 2.31. The lowest BCUT2D eigenvalue weighted by Gasteiger charge is -2.24. The Morgan fingerprint density at radius 2 is 2.25 bits per heavy atom. The van der Waals surface area contributed by atoms with E-state index in [0.717, 1.165) is 25.2 Å². The van der Waals surface area contributed by atoms with E-state index in [2.05, 4.69) is 22.9 Å². The standard InChI is InChI=1S/C15H23N3O2/c1-3-20-13-7-5-4-6-12(13)18-14(19)10-17-15(2)8-9-16-11-15/h4-7,16-17H,3,8-11H2,1-2H3,(H,18,19). The number of hydrogen-bond donors (Lipinski definition) is 3. The molecule has 5 nitrogen and oxygen atoms in total. The van der Waals surface area contributed by atoms with Gasteiger partial charge in [0.1, 0.15) is 5.75 Å². The number of ether oxygens (including phenoxy) is 1. The van der Waals surface area contributed by atoms with Crippen LogP contribution < -0.4 is 20.7 Å². The lowest BCUT2D eigenvalue weighted by atomic mass is 10.0. The van der Waals surface area contributed by atoms with E-state index in [9.17, 15) is 4.79 Å². The smallest absolute Gasteiger partial charge is 0.238 e. The van der Waals surface area contributed by atoms with Gasteiger partial charge in [-0.3, -0.25) is 4.79 Å². The highest BCUT2D eigenvalue weighted by Crippen LogP contribution is 2.23. The predicted molar refractivity (Wildman–Crippen MR) is 80.1 cm³/mol. The van der Waals surface area contributed by atoms with Gasteiger partial charge in [0.25, 0.3) is 0 Å². The summed E-state index contributed by atoms with van der Waals surface area (Å²) in [5, 5.41) is 9.50. The zero-order chi connectivity index (χ0) is 14.4. The van der Waals surface area contributed by atoms with E-state index < -0.39 is 0 Å². The van der Waals surface area contributed by atoms with Gasteiger partial charge in [-0.05, 0) is 38.9 Å². The fourth-order valence-electron chi connectivity index (χ4n) is 2.31. The van der Waals surface area contributed by atoms with Gasteiger partial charge in [0.2, 0.25) is 5.91 Å². The van der Waals surface area contributed by atoms with Crippen LogP contribution in [-0.4, -0.2) is 37.7 Å². The fraction of sp³-hybridized carbons (Fsp3) is 0.533. The number of carbonyl (C=O) groups is 1. The summed E-state index contributed by atoms with van der Waals surface area (Å²) in [6.07, 6.45) is 1.04. The van der Waals surface area contributed by atoms with Crippen molar-refractivity contribution in [3.05, 3.63) is 24.3 Å². The van der Waals surface area contributed by atoms with Gasteiger partial charge in [0.05, 0.1) is 18.8 Å².